The SMILES string of the molecule is CCC(C)c1ccc(C(N)Cc2ccc(C)c(C)c2)cc1. The van der Waals surface area contributed by atoms with Crippen LogP contribution in [0.5, 0.6) is 0 Å². The van der Waals surface area contributed by atoms with Gasteiger partial charge in [-0.15, -0.1) is 0 Å². The van der Waals surface area contributed by atoms with E-state index in [9.17, 15) is 0 Å². The number of rotatable bonds is 5. The Morgan fingerprint density at radius 1 is 0.905 bits per heavy atom. The minimum Gasteiger partial charge on any atom is -0.324 e. The fraction of sp³-hybridized carbons (Fsp3) is 0.400. The Labute approximate surface area is 129 Å². The molecule has 2 unspecified atom stereocenters. The minimum atomic E-state index is 0.0677. The molecule has 0 aliphatic rings. The van der Waals surface area contributed by atoms with Crippen molar-refractivity contribution in [2.24, 2.45) is 5.73 Å². The summed E-state index contributed by atoms with van der Waals surface area (Å²) in [7, 11) is 0. The van der Waals surface area contributed by atoms with Crippen molar-refractivity contribution in [1.82, 2.24) is 0 Å². The first-order valence-corrected chi connectivity index (χ1v) is 7.92. The lowest BCUT2D eigenvalue weighted by Crippen LogP contribution is -2.13. The van der Waals surface area contributed by atoms with E-state index < -0.39 is 0 Å². The van der Waals surface area contributed by atoms with Crippen molar-refractivity contribution in [3.63, 3.8) is 0 Å². The highest BCUT2D eigenvalue weighted by atomic mass is 14.6. The van der Waals surface area contributed by atoms with Crippen molar-refractivity contribution >= 4 is 0 Å². The second kappa shape index (κ2) is 6.91. The summed E-state index contributed by atoms with van der Waals surface area (Å²) in [5.74, 6) is 0.620. The average Bonchev–Trinajstić information content (AvgIpc) is 2.50. The van der Waals surface area contributed by atoms with E-state index in [0.717, 1.165) is 6.42 Å². The predicted molar refractivity (Wildman–Crippen MR) is 91.7 cm³/mol. The van der Waals surface area contributed by atoms with Gasteiger partial charge in [-0.25, -0.2) is 0 Å². The van der Waals surface area contributed by atoms with Crippen LogP contribution in [0, 0.1) is 13.8 Å². The highest BCUT2D eigenvalue weighted by Gasteiger charge is 2.09. The number of nitrogens with two attached hydrogens (primary N) is 1. The molecular weight excluding hydrogens is 254 g/mol. The van der Waals surface area contributed by atoms with Gasteiger partial charge >= 0.3 is 0 Å². The van der Waals surface area contributed by atoms with E-state index in [-0.39, 0.29) is 6.04 Å². The molecule has 0 radical (unpaired) electrons. The van der Waals surface area contributed by atoms with Crippen LogP contribution in [0.3, 0.4) is 0 Å². The van der Waals surface area contributed by atoms with E-state index in [1.807, 2.05) is 0 Å². The molecule has 2 aromatic carbocycles. The molecule has 0 heterocycles. The van der Waals surface area contributed by atoms with Crippen LogP contribution in [0.1, 0.15) is 60.0 Å². The number of aryl methyl sites for hydroxylation is 2. The Morgan fingerprint density at radius 3 is 2.10 bits per heavy atom. The van der Waals surface area contributed by atoms with Crippen LogP contribution in [0.2, 0.25) is 0 Å². The first-order valence-electron chi connectivity index (χ1n) is 7.92. The van der Waals surface area contributed by atoms with Gasteiger partial charge in [0.25, 0.3) is 0 Å². The summed E-state index contributed by atoms with van der Waals surface area (Å²) in [5.41, 5.74) is 13.0. The van der Waals surface area contributed by atoms with Gasteiger partial charge in [0.15, 0.2) is 0 Å². The van der Waals surface area contributed by atoms with Crippen molar-refractivity contribution in [1.29, 1.82) is 0 Å². The lowest BCUT2D eigenvalue weighted by atomic mass is 9.93. The first-order chi connectivity index (χ1) is 10.0. The van der Waals surface area contributed by atoms with Gasteiger partial charge in [-0.05, 0) is 60.4 Å². The monoisotopic (exact) mass is 281 g/mol. The zero-order valence-electron chi connectivity index (χ0n) is 13.7. The second-order valence-corrected chi connectivity index (χ2v) is 6.21. The smallest absolute Gasteiger partial charge is 0.0335 e. The third kappa shape index (κ3) is 3.95. The highest BCUT2D eigenvalue weighted by Crippen LogP contribution is 2.22. The van der Waals surface area contributed by atoms with Crippen LogP contribution in [-0.4, -0.2) is 0 Å². The zero-order valence-corrected chi connectivity index (χ0v) is 13.7. The highest BCUT2D eigenvalue weighted by molar-refractivity contribution is 5.32. The predicted octanol–water partition coefficient (Wildman–Crippen LogP) is 5.06. The molecule has 0 bridgehead atoms. The Hall–Kier alpha value is -1.60. The van der Waals surface area contributed by atoms with Gasteiger partial charge in [-0.1, -0.05) is 56.3 Å². The quantitative estimate of drug-likeness (QED) is 0.814. The lowest BCUT2D eigenvalue weighted by molar-refractivity contribution is 0.712. The number of hydrogen-bond donors (Lipinski definition) is 1. The molecule has 0 saturated carbocycles. The van der Waals surface area contributed by atoms with E-state index in [0.29, 0.717) is 5.92 Å². The standard InChI is InChI=1S/C20H27N/c1-5-14(2)18-8-10-19(11-9-18)20(21)13-17-7-6-15(3)16(4)12-17/h6-12,14,20H,5,13,21H2,1-4H3. The molecule has 0 amide bonds. The molecule has 21 heavy (non-hydrogen) atoms. The summed E-state index contributed by atoms with van der Waals surface area (Å²) in [6.07, 6.45) is 2.07. The van der Waals surface area contributed by atoms with Gasteiger partial charge in [-0.3, -0.25) is 0 Å². The lowest BCUT2D eigenvalue weighted by Gasteiger charge is -2.15. The Bertz CT molecular complexity index is 583. The van der Waals surface area contributed by atoms with E-state index >= 15 is 0 Å². The molecule has 0 aromatic heterocycles. The zero-order chi connectivity index (χ0) is 15.4. The van der Waals surface area contributed by atoms with Crippen LogP contribution in [0.15, 0.2) is 42.5 Å². The topological polar surface area (TPSA) is 26.0 Å². The van der Waals surface area contributed by atoms with E-state index in [2.05, 4.69) is 70.2 Å². The molecule has 2 atom stereocenters. The van der Waals surface area contributed by atoms with Crippen LogP contribution >= 0.6 is 0 Å². The summed E-state index contributed by atoms with van der Waals surface area (Å²) in [5, 5.41) is 0. The third-order valence-electron chi connectivity index (χ3n) is 4.57. The summed E-state index contributed by atoms with van der Waals surface area (Å²) in [6.45, 7) is 8.80. The van der Waals surface area contributed by atoms with Gasteiger partial charge in [0, 0.05) is 6.04 Å². The van der Waals surface area contributed by atoms with E-state index in [1.54, 1.807) is 0 Å². The molecule has 0 saturated heterocycles. The summed E-state index contributed by atoms with van der Waals surface area (Å²) >= 11 is 0. The molecule has 2 aromatic rings. The maximum absolute atomic E-state index is 6.37. The first kappa shape index (κ1) is 15.8. The van der Waals surface area contributed by atoms with Gasteiger partial charge in [0.1, 0.15) is 0 Å². The van der Waals surface area contributed by atoms with Gasteiger partial charge < -0.3 is 5.73 Å². The Kier molecular flexibility index (Phi) is 5.19. The van der Waals surface area contributed by atoms with Crippen LogP contribution in [0.4, 0.5) is 0 Å². The molecule has 0 spiro atoms. The van der Waals surface area contributed by atoms with E-state index in [1.165, 1.54) is 34.2 Å². The van der Waals surface area contributed by atoms with Gasteiger partial charge in [0.05, 0.1) is 0 Å². The molecule has 1 heteroatoms. The normalized spacial score (nSPS) is 14.0. The molecule has 0 aliphatic carbocycles. The maximum Gasteiger partial charge on any atom is 0.0335 e. The molecule has 0 aliphatic heterocycles. The minimum absolute atomic E-state index is 0.0677. The number of benzene rings is 2. The fourth-order valence-electron chi connectivity index (χ4n) is 2.61. The molecular formula is C20H27N. The second-order valence-electron chi connectivity index (χ2n) is 6.21. The van der Waals surface area contributed by atoms with Crippen LogP contribution in [-0.2, 0) is 6.42 Å². The molecule has 2 rings (SSSR count). The molecule has 112 valence electrons. The number of hydrogen-bond acceptors (Lipinski definition) is 1. The maximum atomic E-state index is 6.37. The van der Waals surface area contributed by atoms with Crippen molar-refractivity contribution < 1.29 is 0 Å². The third-order valence-corrected chi connectivity index (χ3v) is 4.57. The fourth-order valence-corrected chi connectivity index (χ4v) is 2.61. The molecule has 2 N–H and O–H groups in total. The van der Waals surface area contributed by atoms with Crippen molar-refractivity contribution in [3.05, 3.63) is 70.3 Å². The summed E-state index contributed by atoms with van der Waals surface area (Å²) in [6, 6.07) is 15.5. The van der Waals surface area contributed by atoms with Crippen molar-refractivity contribution in [2.45, 2.75) is 52.5 Å². The average molecular weight is 281 g/mol. The molecule has 1 nitrogen and oxygen atoms in total. The van der Waals surface area contributed by atoms with Gasteiger partial charge in [0.2, 0.25) is 0 Å². The van der Waals surface area contributed by atoms with E-state index in [4.69, 9.17) is 5.73 Å². The molecule has 0 fully saturated rings. The van der Waals surface area contributed by atoms with Crippen molar-refractivity contribution in [2.75, 3.05) is 0 Å². The van der Waals surface area contributed by atoms with Crippen LogP contribution < -0.4 is 5.73 Å². The van der Waals surface area contributed by atoms with Crippen LogP contribution in [0.25, 0.3) is 0 Å². The Morgan fingerprint density at radius 2 is 1.52 bits per heavy atom. The van der Waals surface area contributed by atoms with Gasteiger partial charge in [-0.2, -0.15) is 0 Å². The Balaban J connectivity index is 2.09. The van der Waals surface area contributed by atoms with Crippen molar-refractivity contribution in [3.8, 4) is 0 Å². The summed E-state index contributed by atoms with van der Waals surface area (Å²) in [4.78, 5) is 0. The summed E-state index contributed by atoms with van der Waals surface area (Å²) < 4.78 is 0. The largest absolute Gasteiger partial charge is 0.324 e.